The minimum atomic E-state index is -3.75. The molecule has 0 unspecified atom stereocenters. The van der Waals surface area contributed by atoms with Crippen LogP contribution in [0.5, 0.6) is 0 Å². The van der Waals surface area contributed by atoms with E-state index < -0.39 is 21.4 Å². The molecule has 1 amide bonds. The van der Waals surface area contributed by atoms with Crippen molar-refractivity contribution in [2.24, 2.45) is 5.41 Å². The van der Waals surface area contributed by atoms with Gasteiger partial charge in [-0.1, -0.05) is 6.07 Å². The number of hydrogen-bond donors (Lipinski definition) is 3. The van der Waals surface area contributed by atoms with E-state index in [-0.39, 0.29) is 12.0 Å². The standard InChI is InChI=1S/C28H37N5O5S/c1-20-18-33(15-16-38-20)25-4-2-3-24(29-25)30-26(35)22-6-5-21(31-39(36,37)28(19-34)9-10-28)17-23(22)32-13-11-27(7-8-27)12-14-32/h2-6,17,20,31,34H,7-16,18-19H2,1H3,(H,29,30,35)/t20-/m1/s1. The fraction of sp³-hybridized carbons (Fsp3) is 0.571. The summed E-state index contributed by atoms with van der Waals surface area (Å²) in [7, 11) is -3.75. The number of nitrogens with one attached hydrogen (secondary N) is 2. The second kappa shape index (κ2) is 9.94. The average Bonchev–Trinajstić information content (AvgIpc) is 3.86. The number of anilines is 4. The molecule has 0 radical (unpaired) electrons. The highest BCUT2D eigenvalue weighted by Gasteiger charge is 2.54. The third-order valence-corrected chi connectivity index (χ3v) is 11.0. The molecule has 39 heavy (non-hydrogen) atoms. The topological polar surface area (TPSA) is 124 Å². The summed E-state index contributed by atoms with van der Waals surface area (Å²) in [5.74, 6) is 0.957. The highest BCUT2D eigenvalue weighted by atomic mass is 32.2. The summed E-state index contributed by atoms with van der Waals surface area (Å²) >= 11 is 0. The number of aliphatic hydroxyl groups is 1. The summed E-state index contributed by atoms with van der Waals surface area (Å²) < 4.78 is 33.1. The van der Waals surface area contributed by atoms with Crippen molar-refractivity contribution >= 4 is 38.9 Å². The van der Waals surface area contributed by atoms with Gasteiger partial charge in [0.15, 0.2) is 0 Å². The van der Waals surface area contributed by atoms with Crippen LogP contribution in [-0.4, -0.2) is 74.7 Å². The van der Waals surface area contributed by atoms with E-state index in [0.29, 0.717) is 47.6 Å². The Kier molecular flexibility index (Phi) is 6.71. The maximum Gasteiger partial charge on any atom is 0.258 e. The second-order valence-corrected chi connectivity index (χ2v) is 13.7. The summed E-state index contributed by atoms with van der Waals surface area (Å²) in [5, 5.41) is 12.6. The van der Waals surface area contributed by atoms with Crippen LogP contribution in [0.3, 0.4) is 0 Å². The molecule has 10 nitrogen and oxygen atoms in total. The molecule has 2 saturated heterocycles. The Morgan fingerprint density at radius 1 is 1.08 bits per heavy atom. The normalized spacial score (nSPS) is 23.4. The van der Waals surface area contributed by atoms with Gasteiger partial charge in [0, 0.05) is 26.2 Å². The van der Waals surface area contributed by atoms with E-state index in [9.17, 15) is 18.3 Å². The Morgan fingerprint density at radius 3 is 2.51 bits per heavy atom. The number of benzene rings is 1. The van der Waals surface area contributed by atoms with Crippen molar-refractivity contribution in [3.05, 3.63) is 42.0 Å². The first-order valence-electron chi connectivity index (χ1n) is 13.9. The van der Waals surface area contributed by atoms with E-state index in [1.165, 1.54) is 12.8 Å². The molecule has 3 heterocycles. The molecule has 1 atom stereocenters. The van der Waals surface area contributed by atoms with E-state index in [4.69, 9.17) is 4.74 Å². The number of piperidine rings is 1. The number of ether oxygens (including phenoxy) is 1. The molecule has 2 saturated carbocycles. The zero-order valence-corrected chi connectivity index (χ0v) is 23.2. The third kappa shape index (κ3) is 5.31. The van der Waals surface area contributed by atoms with Gasteiger partial charge < -0.3 is 25.0 Å². The van der Waals surface area contributed by atoms with Crippen molar-refractivity contribution < 1.29 is 23.1 Å². The summed E-state index contributed by atoms with van der Waals surface area (Å²) in [6.45, 7) is 5.38. The van der Waals surface area contributed by atoms with Crippen molar-refractivity contribution in [3.63, 3.8) is 0 Å². The first kappa shape index (κ1) is 26.3. The Morgan fingerprint density at radius 2 is 1.85 bits per heavy atom. The van der Waals surface area contributed by atoms with Crippen LogP contribution in [0.2, 0.25) is 0 Å². The maximum atomic E-state index is 13.6. The van der Waals surface area contributed by atoms with E-state index in [1.54, 1.807) is 24.3 Å². The number of rotatable bonds is 8. The van der Waals surface area contributed by atoms with Crippen LogP contribution in [0.4, 0.5) is 23.0 Å². The van der Waals surface area contributed by atoms with Crippen LogP contribution in [0.1, 0.15) is 55.8 Å². The van der Waals surface area contributed by atoms with Gasteiger partial charge in [0.2, 0.25) is 10.0 Å². The lowest BCUT2D eigenvalue weighted by Gasteiger charge is -2.35. The minimum Gasteiger partial charge on any atom is -0.395 e. The van der Waals surface area contributed by atoms with Crippen molar-refractivity contribution in [3.8, 4) is 0 Å². The number of hydrogen-bond acceptors (Lipinski definition) is 8. The molecule has 2 aliphatic heterocycles. The number of morpholine rings is 1. The first-order chi connectivity index (χ1) is 18.7. The van der Waals surface area contributed by atoms with Crippen LogP contribution in [0.15, 0.2) is 36.4 Å². The zero-order chi connectivity index (χ0) is 27.3. The number of nitrogens with zero attached hydrogens (tertiary/aromatic N) is 3. The van der Waals surface area contributed by atoms with Gasteiger partial charge in [0.25, 0.3) is 5.91 Å². The molecule has 11 heteroatoms. The van der Waals surface area contributed by atoms with E-state index in [0.717, 1.165) is 44.8 Å². The molecule has 6 rings (SSSR count). The van der Waals surface area contributed by atoms with Gasteiger partial charge in [0.05, 0.1) is 36.3 Å². The zero-order valence-electron chi connectivity index (χ0n) is 22.4. The second-order valence-electron chi connectivity index (χ2n) is 11.6. The molecule has 2 aliphatic carbocycles. The number of sulfonamides is 1. The van der Waals surface area contributed by atoms with E-state index in [2.05, 4.69) is 24.8 Å². The predicted octanol–water partition coefficient (Wildman–Crippen LogP) is 3.21. The van der Waals surface area contributed by atoms with Gasteiger partial charge in [0.1, 0.15) is 16.4 Å². The van der Waals surface area contributed by atoms with Crippen LogP contribution in [0, 0.1) is 5.41 Å². The quantitative estimate of drug-likeness (QED) is 0.454. The molecular formula is C28H37N5O5S. The number of aromatic nitrogens is 1. The Balaban J connectivity index is 1.25. The smallest absolute Gasteiger partial charge is 0.258 e. The van der Waals surface area contributed by atoms with Gasteiger partial charge in [-0.05, 0) is 81.2 Å². The van der Waals surface area contributed by atoms with Crippen LogP contribution in [0.25, 0.3) is 0 Å². The molecule has 1 aromatic carbocycles. The lowest BCUT2D eigenvalue weighted by atomic mass is 9.93. The molecule has 4 aliphatic rings. The minimum absolute atomic E-state index is 0.115. The number of carbonyl (C=O) groups excluding carboxylic acids is 1. The van der Waals surface area contributed by atoms with Crippen LogP contribution >= 0.6 is 0 Å². The summed E-state index contributed by atoms with van der Waals surface area (Å²) in [5.41, 5.74) is 2.03. The molecule has 1 spiro atoms. The Labute approximate surface area is 229 Å². The van der Waals surface area contributed by atoms with Gasteiger partial charge in [-0.15, -0.1) is 0 Å². The largest absolute Gasteiger partial charge is 0.395 e. The Bertz CT molecular complexity index is 1350. The molecule has 3 N–H and O–H groups in total. The molecule has 4 fully saturated rings. The van der Waals surface area contributed by atoms with Gasteiger partial charge in [-0.25, -0.2) is 13.4 Å². The Hall–Kier alpha value is -2.89. The highest BCUT2D eigenvalue weighted by molar-refractivity contribution is 7.94. The average molecular weight is 556 g/mol. The van der Waals surface area contributed by atoms with Crippen LogP contribution in [-0.2, 0) is 14.8 Å². The number of aliphatic hydroxyl groups excluding tert-OH is 1. The highest BCUT2D eigenvalue weighted by Crippen LogP contribution is 2.54. The van der Waals surface area contributed by atoms with Gasteiger partial charge >= 0.3 is 0 Å². The predicted molar refractivity (Wildman–Crippen MR) is 151 cm³/mol. The van der Waals surface area contributed by atoms with Crippen molar-refractivity contribution in [1.82, 2.24) is 4.98 Å². The number of amides is 1. The summed E-state index contributed by atoms with van der Waals surface area (Å²) in [4.78, 5) is 22.6. The number of carbonyl (C=O) groups is 1. The first-order valence-corrected chi connectivity index (χ1v) is 15.4. The fourth-order valence-electron chi connectivity index (χ4n) is 5.74. The third-order valence-electron chi connectivity index (χ3n) is 8.82. The molecular weight excluding hydrogens is 518 g/mol. The van der Waals surface area contributed by atoms with Gasteiger partial charge in [-0.2, -0.15) is 0 Å². The van der Waals surface area contributed by atoms with Gasteiger partial charge in [-0.3, -0.25) is 9.52 Å². The van der Waals surface area contributed by atoms with Crippen LogP contribution < -0.4 is 19.8 Å². The van der Waals surface area contributed by atoms with Crippen molar-refractivity contribution in [2.75, 3.05) is 59.2 Å². The SMILES string of the molecule is C[C@@H]1CN(c2cccc(NC(=O)c3ccc(NS(=O)(=O)C4(CO)CC4)cc3N3CCC4(CC3)CC4)n2)CCO1. The lowest BCUT2D eigenvalue weighted by molar-refractivity contribution is 0.0529. The fourth-order valence-corrected chi connectivity index (χ4v) is 7.20. The van der Waals surface area contributed by atoms with Crippen molar-refractivity contribution in [2.45, 2.75) is 56.3 Å². The molecule has 2 aromatic rings. The number of pyridine rings is 1. The molecule has 210 valence electrons. The van der Waals surface area contributed by atoms with E-state index >= 15 is 0 Å². The van der Waals surface area contributed by atoms with Crippen molar-refractivity contribution in [1.29, 1.82) is 0 Å². The molecule has 1 aromatic heterocycles. The monoisotopic (exact) mass is 555 g/mol. The molecule has 0 bridgehead atoms. The maximum absolute atomic E-state index is 13.6. The lowest BCUT2D eigenvalue weighted by Crippen LogP contribution is -2.41. The summed E-state index contributed by atoms with van der Waals surface area (Å²) in [6.07, 6.45) is 5.66. The van der Waals surface area contributed by atoms with E-state index in [1.807, 2.05) is 19.1 Å². The summed E-state index contributed by atoms with van der Waals surface area (Å²) in [6, 6.07) is 10.6.